The quantitative estimate of drug-likeness (QED) is 0.649. The molecule has 0 aliphatic carbocycles. The number of ether oxygens (including phenoxy) is 2. The van der Waals surface area contributed by atoms with E-state index in [0.717, 1.165) is 46.8 Å². The first-order valence-corrected chi connectivity index (χ1v) is 11.0. The largest absolute Gasteiger partial charge is 0.497 e. The van der Waals surface area contributed by atoms with Gasteiger partial charge in [0.2, 0.25) is 0 Å². The third-order valence-corrected chi connectivity index (χ3v) is 6.26. The number of nitrogens with one attached hydrogen (secondary N) is 1. The molecule has 2 amide bonds. The zero-order chi connectivity index (χ0) is 22.1. The second kappa shape index (κ2) is 8.63. The van der Waals surface area contributed by atoms with Crippen LogP contribution >= 0.6 is 0 Å². The van der Waals surface area contributed by atoms with Gasteiger partial charge in [-0.2, -0.15) is 0 Å². The fourth-order valence-electron chi connectivity index (χ4n) is 4.52. The normalized spacial score (nSPS) is 17.3. The second-order valence-electron chi connectivity index (χ2n) is 8.36. The molecular formula is C26H27N3O3. The number of urea groups is 1. The van der Waals surface area contributed by atoms with Crippen molar-refractivity contribution >= 4 is 11.7 Å². The van der Waals surface area contributed by atoms with E-state index < -0.39 is 0 Å². The number of hydrogen-bond acceptors (Lipinski definition) is 4. The van der Waals surface area contributed by atoms with Crippen molar-refractivity contribution in [1.29, 1.82) is 0 Å². The van der Waals surface area contributed by atoms with E-state index >= 15 is 0 Å². The number of methoxy groups -OCH3 is 1. The van der Waals surface area contributed by atoms with E-state index in [1.54, 1.807) is 7.11 Å². The van der Waals surface area contributed by atoms with Crippen LogP contribution in [0.2, 0.25) is 0 Å². The topological polar surface area (TPSA) is 63.7 Å². The number of carbonyl (C=O) groups excluding carboxylic acids is 1. The van der Waals surface area contributed by atoms with Gasteiger partial charge in [-0.15, -0.1) is 0 Å². The maximum atomic E-state index is 13.0. The van der Waals surface area contributed by atoms with E-state index in [-0.39, 0.29) is 12.1 Å². The first kappa shape index (κ1) is 20.5. The van der Waals surface area contributed by atoms with Gasteiger partial charge in [0.05, 0.1) is 25.5 Å². The first-order valence-electron chi connectivity index (χ1n) is 11.0. The molecule has 6 heteroatoms. The molecule has 3 aromatic rings. The molecule has 1 atom stereocenters. The van der Waals surface area contributed by atoms with E-state index in [1.807, 2.05) is 35.2 Å². The van der Waals surface area contributed by atoms with Crippen LogP contribution in [0.25, 0.3) is 11.3 Å². The molecule has 164 valence electrons. The average Bonchev–Trinajstić information content (AvgIpc) is 2.84. The van der Waals surface area contributed by atoms with Gasteiger partial charge in [-0.05, 0) is 47.9 Å². The molecule has 2 aromatic carbocycles. The number of aromatic nitrogens is 1. The number of anilines is 1. The van der Waals surface area contributed by atoms with Crippen LogP contribution in [0.1, 0.15) is 29.3 Å². The van der Waals surface area contributed by atoms with Crippen molar-refractivity contribution in [2.45, 2.75) is 39.0 Å². The van der Waals surface area contributed by atoms with Crippen molar-refractivity contribution in [3.05, 3.63) is 77.0 Å². The summed E-state index contributed by atoms with van der Waals surface area (Å²) in [6.45, 7) is 3.84. The van der Waals surface area contributed by atoms with Crippen molar-refractivity contribution in [2.24, 2.45) is 0 Å². The Balaban J connectivity index is 1.44. The van der Waals surface area contributed by atoms with E-state index in [1.165, 1.54) is 11.1 Å². The minimum absolute atomic E-state index is 0.105. The molecule has 0 saturated carbocycles. The highest BCUT2D eigenvalue weighted by Crippen LogP contribution is 2.35. The number of amides is 2. The highest BCUT2D eigenvalue weighted by molar-refractivity contribution is 5.89. The number of benzene rings is 2. The zero-order valence-corrected chi connectivity index (χ0v) is 18.4. The van der Waals surface area contributed by atoms with Crippen LogP contribution in [0.5, 0.6) is 5.75 Å². The van der Waals surface area contributed by atoms with Gasteiger partial charge >= 0.3 is 6.03 Å². The molecule has 0 radical (unpaired) electrons. The van der Waals surface area contributed by atoms with E-state index in [0.29, 0.717) is 19.7 Å². The molecule has 1 N–H and O–H groups in total. The number of fused-ring (bicyclic) bond motifs is 3. The van der Waals surface area contributed by atoms with Gasteiger partial charge < -0.3 is 19.7 Å². The summed E-state index contributed by atoms with van der Waals surface area (Å²) in [6.07, 6.45) is 1.72. The lowest BCUT2D eigenvalue weighted by Crippen LogP contribution is -2.40. The van der Waals surface area contributed by atoms with Crippen LogP contribution in [-0.4, -0.2) is 35.7 Å². The smallest absolute Gasteiger partial charge is 0.322 e. The molecule has 0 saturated heterocycles. The number of pyridine rings is 1. The van der Waals surface area contributed by atoms with E-state index in [4.69, 9.17) is 14.5 Å². The monoisotopic (exact) mass is 429 g/mol. The third kappa shape index (κ3) is 3.94. The molecule has 2 aliphatic heterocycles. The third-order valence-electron chi connectivity index (χ3n) is 6.26. The maximum Gasteiger partial charge on any atom is 0.322 e. The van der Waals surface area contributed by atoms with Crippen LogP contribution in [-0.2, 0) is 30.7 Å². The van der Waals surface area contributed by atoms with Gasteiger partial charge in [-0.25, -0.2) is 4.79 Å². The summed E-state index contributed by atoms with van der Waals surface area (Å²) < 4.78 is 11.2. The molecule has 0 unspecified atom stereocenters. The lowest BCUT2D eigenvalue weighted by molar-refractivity contribution is 0.0399. The molecule has 1 aromatic heterocycles. The number of nitrogens with zero attached hydrogens (tertiary/aromatic N) is 2. The minimum Gasteiger partial charge on any atom is -0.497 e. The molecule has 0 bridgehead atoms. The predicted molar refractivity (Wildman–Crippen MR) is 124 cm³/mol. The van der Waals surface area contributed by atoms with Crippen molar-refractivity contribution in [3.63, 3.8) is 0 Å². The van der Waals surface area contributed by atoms with Crippen LogP contribution in [0.15, 0.2) is 54.6 Å². The Morgan fingerprint density at radius 2 is 1.88 bits per heavy atom. The first-order chi connectivity index (χ1) is 15.6. The summed E-state index contributed by atoms with van der Waals surface area (Å²) in [5, 5.41) is 3.00. The molecule has 0 fully saturated rings. The highest BCUT2D eigenvalue weighted by Gasteiger charge is 2.30. The van der Waals surface area contributed by atoms with Gasteiger partial charge in [0.1, 0.15) is 5.75 Å². The molecule has 3 heterocycles. The van der Waals surface area contributed by atoms with Gasteiger partial charge in [0, 0.05) is 42.9 Å². The summed E-state index contributed by atoms with van der Waals surface area (Å²) in [6, 6.07) is 17.6. The van der Waals surface area contributed by atoms with Crippen molar-refractivity contribution in [1.82, 2.24) is 9.88 Å². The van der Waals surface area contributed by atoms with Gasteiger partial charge in [0.15, 0.2) is 0 Å². The molecule has 2 aliphatic rings. The Morgan fingerprint density at radius 3 is 2.62 bits per heavy atom. The fraction of sp³-hybridized carbons (Fsp3) is 0.308. The van der Waals surface area contributed by atoms with E-state index in [2.05, 4.69) is 36.5 Å². The molecule has 32 heavy (non-hydrogen) atoms. The van der Waals surface area contributed by atoms with Gasteiger partial charge in [-0.3, -0.25) is 4.98 Å². The fourth-order valence-corrected chi connectivity index (χ4v) is 4.52. The Hall–Kier alpha value is -3.38. The highest BCUT2D eigenvalue weighted by atomic mass is 16.5. The average molecular weight is 430 g/mol. The molecular weight excluding hydrogens is 402 g/mol. The summed E-state index contributed by atoms with van der Waals surface area (Å²) in [4.78, 5) is 19.9. The summed E-state index contributed by atoms with van der Waals surface area (Å²) in [5.41, 5.74) is 7.63. The minimum atomic E-state index is -0.105. The summed E-state index contributed by atoms with van der Waals surface area (Å²) in [5.74, 6) is 0.760. The molecule has 5 rings (SSSR count). The van der Waals surface area contributed by atoms with Crippen LogP contribution in [0.4, 0.5) is 10.5 Å². The Kier molecular flexibility index (Phi) is 5.53. The Labute approximate surface area is 188 Å². The Morgan fingerprint density at radius 1 is 1.09 bits per heavy atom. The standard InChI is InChI=1S/C26H27N3O3/c1-17-14-21-23(16-32-17)22-15-29(26(30)27-19-8-10-20(31-2)11-9-19)13-12-24(22)28-25(21)18-6-4-3-5-7-18/h3-11,17H,12-16H2,1-2H3,(H,27,30)/t17-/m0/s1. The lowest BCUT2D eigenvalue weighted by atomic mass is 9.88. The molecule has 6 nitrogen and oxygen atoms in total. The maximum absolute atomic E-state index is 13.0. The van der Waals surface area contributed by atoms with Crippen molar-refractivity contribution < 1.29 is 14.3 Å². The molecule has 0 spiro atoms. The second-order valence-corrected chi connectivity index (χ2v) is 8.36. The van der Waals surface area contributed by atoms with Crippen molar-refractivity contribution in [2.75, 3.05) is 19.0 Å². The summed E-state index contributed by atoms with van der Waals surface area (Å²) >= 11 is 0. The van der Waals surface area contributed by atoms with Crippen LogP contribution < -0.4 is 10.1 Å². The number of hydrogen-bond donors (Lipinski definition) is 1. The van der Waals surface area contributed by atoms with Crippen LogP contribution in [0.3, 0.4) is 0 Å². The zero-order valence-electron chi connectivity index (χ0n) is 18.4. The SMILES string of the molecule is COc1ccc(NC(=O)N2CCc3nc(-c4ccccc4)c4c(c3C2)CO[C@@H](C)C4)cc1. The Bertz CT molecular complexity index is 1130. The van der Waals surface area contributed by atoms with Gasteiger partial charge in [-0.1, -0.05) is 30.3 Å². The summed E-state index contributed by atoms with van der Waals surface area (Å²) in [7, 11) is 1.63. The predicted octanol–water partition coefficient (Wildman–Crippen LogP) is 4.81. The van der Waals surface area contributed by atoms with Gasteiger partial charge in [0.25, 0.3) is 0 Å². The lowest BCUT2D eigenvalue weighted by Gasteiger charge is -2.34. The number of rotatable bonds is 3. The van der Waals surface area contributed by atoms with Crippen LogP contribution in [0, 0.1) is 0 Å². The van der Waals surface area contributed by atoms with Crippen molar-refractivity contribution in [3.8, 4) is 17.0 Å². The van der Waals surface area contributed by atoms with E-state index in [9.17, 15) is 4.79 Å². The number of carbonyl (C=O) groups is 1.